The summed E-state index contributed by atoms with van der Waals surface area (Å²) in [6.07, 6.45) is 0. The monoisotopic (exact) mass is 1490 g/mol. The zero-order chi connectivity index (χ0) is 77.6. The number of esters is 8. The van der Waals surface area contributed by atoms with Gasteiger partial charge in [-0.15, -0.1) is 0 Å². The average molecular weight is 1500 g/mol. The van der Waals surface area contributed by atoms with Gasteiger partial charge in [0.05, 0.1) is 44.5 Å². The molecule has 19 heteroatoms. The van der Waals surface area contributed by atoms with Gasteiger partial charge in [-0.2, -0.15) is 0 Å². The van der Waals surface area contributed by atoms with Gasteiger partial charge in [-0.25, -0.2) is 38.4 Å². The van der Waals surface area contributed by atoms with Crippen molar-refractivity contribution in [1.29, 1.82) is 0 Å². The summed E-state index contributed by atoms with van der Waals surface area (Å²) >= 11 is 0. The maximum atomic E-state index is 15.5. The van der Waals surface area contributed by atoms with Crippen molar-refractivity contribution in [2.45, 2.75) is 52.9 Å². The molecule has 2 aliphatic rings. The molecule has 554 valence electrons. The van der Waals surface area contributed by atoms with E-state index in [1.54, 1.807) is 212 Å². The van der Waals surface area contributed by atoms with Gasteiger partial charge in [0.15, 0.2) is 0 Å². The molecule has 0 fully saturated rings. The first kappa shape index (κ1) is 73.8. The van der Waals surface area contributed by atoms with Crippen molar-refractivity contribution in [3.05, 3.63) is 398 Å². The smallest absolute Gasteiger partial charge is 0.340 e. The van der Waals surface area contributed by atoms with E-state index in [0.29, 0.717) is 44.3 Å². The molecule has 13 aromatic carbocycles. The number of carbonyl (C=O) groups excluding carboxylic acids is 8. The molecule has 0 bridgehead atoms. The highest BCUT2D eigenvalue weighted by Gasteiger charge is 2.45. The standard InChI is InChI=1S/C94H67BO18/c96-87(104-52-60-25-9-1-10-26-60)68-41-43-78-80(49-68)112-85-72(70-45-74(89(98)106-54-62-29-13-3-14-30-62)82(93(102)110-58-66-37-21-7-22-38-66)75(46-70)90(99)107-55-63-31-15-4-16-32-63)51-73(86-84(85)95(78)79-44-42-69(50-81(79)113-86)88(97)105-53-61-27-11-2-12-28-61)71-47-76(91(100)108-56-64-33-17-5-18-34-64)83(94(103)111-59-67-39-23-8-24-40-67)77(48-71)92(101)109-57-65-35-19-6-20-36-65/h1-51H,52-59H2. The van der Waals surface area contributed by atoms with Crippen LogP contribution < -0.4 is 25.9 Å². The molecule has 13 aromatic rings. The first-order chi connectivity index (χ1) is 55.3. The third-order valence-corrected chi connectivity index (χ3v) is 19.0. The van der Waals surface area contributed by atoms with Crippen molar-refractivity contribution in [3.63, 3.8) is 0 Å². The van der Waals surface area contributed by atoms with Crippen molar-refractivity contribution < 1.29 is 85.7 Å². The van der Waals surface area contributed by atoms with Crippen LogP contribution in [0.25, 0.3) is 22.3 Å². The molecule has 0 unspecified atom stereocenters. The quantitative estimate of drug-likeness (QED) is 0.0279. The molecule has 113 heavy (non-hydrogen) atoms. The molecular formula is C94H67BO18. The van der Waals surface area contributed by atoms with E-state index in [2.05, 4.69) is 0 Å². The van der Waals surface area contributed by atoms with Gasteiger partial charge in [-0.1, -0.05) is 255 Å². The lowest BCUT2D eigenvalue weighted by atomic mass is 9.34. The van der Waals surface area contributed by atoms with Crippen LogP contribution in [0.5, 0.6) is 23.0 Å². The van der Waals surface area contributed by atoms with Gasteiger partial charge < -0.3 is 47.4 Å². The van der Waals surface area contributed by atoms with Crippen LogP contribution in [-0.4, -0.2) is 54.5 Å². The molecule has 2 heterocycles. The molecule has 0 atom stereocenters. The topological polar surface area (TPSA) is 229 Å². The van der Waals surface area contributed by atoms with E-state index in [0.717, 1.165) is 11.1 Å². The maximum Gasteiger partial charge on any atom is 0.340 e. The van der Waals surface area contributed by atoms with Crippen molar-refractivity contribution in [3.8, 4) is 45.3 Å². The van der Waals surface area contributed by atoms with E-state index in [1.165, 1.54) is 36.4 Å². The van der Waals surface area contributed by atoms with Gasteiger partial charge in [0.2, 0.25) is 0 Å². The number of ether oxygens (including phenoxy) is 10. The van der Waals surface area contributed by atoms with Crippen LogP contribution in [0.15, 0.2) is 309 Å². The zero-order valence-electron chi connectivity index (χ0n) is 60.5. The molecule has 0 N–H and O–H groups in total. The second kappa shape index (κ2) is 34.2. The minimum Gasteiger partial charge on any atom is -0.458 e. The van der Waals surface area contributed by atoms with Crippen molar-refractivity contribution in [2.75, 3.05) is 0 Å². The number of carbonyl (C=O) groups is 8. The summed E-state index contributed by atoms with van der Waals surface area (Å²) in [7, 11) is 0. The molecule has 0 radical (unpaired) electrons. The Labute approximate surface area is 649 Å². The number of rotatable bonds is 26. The van der Waals surface area contributed by atoms with E-state index in [1.807, 2.05) is 60.7 Å². The fraction of sp³-hybridized carbons (Fsp3) is 0.0851. The number of fused-ring (bicyclic) bond motifs is 4. The van der Waals surface area contributed by atoms with Crippen molar-refractivity contribution >= 4 is 70.9 Å². The first-order valence-electron chi connectivity index (χ1n) is 36.2. The minimum atomic E-state index is -1.10. The lowest BCUT2D eigenvalue weighted by molar-refractivity contribution is 0.0404. The van der Waals surface area contributed by atoms with E-state index in [4.69, 9.17) is 47.4 Å². The van der Waals surface area contributed by atoms with Crippen molar-refractivity contribution in [1.82, 2.24) is 0 Å². The summed E-state index contributed by atoms with van der Waals surface area (Å²) in [5.74, 6) is -7.68. The van der Waals surface area contributed by atoms with Gasteiger partial charge in [0.1, 0.15) is 75.9 Å². The zero-order valence-corrected chi connectivity index (χ0v) is 60.5. The predicted molar refractivity (Wildman–Crippen MR) is 419 cm³/mol. The third-order valence-electron chi connectivity index (χ3n) is 19.0. The van der Waals surface area contributed by atoms with Crippen molar-refractivity contribution in [2.24, 2.45) is 0 Å². The number of hydrogen-bond donors (Lipinski definition) is 0. The molecule has 2 aliphatic heterocycles. The molecule has 0 saturated carbocycles. The Morgan fingerprint density at radius 1 is 0.239 bits per heavy atom. The summed E-state index contributed by atoms with van der Waals surface area (Å²) < 4.78 is 62.9. The Hall–Kier alpha value is -14.7. The number of hydrogen-bond acceptors (Lipinski definition) is 18. The summed E-state index contributed by atoms with van der Waals surface area (Å²) in [5.41, 5.74) is 3.48. The molecule has 15 rings (SSSR count). The second-order valence-corrected chi connectivity index (χ2v) is 26.6. The molecule has 18 nitrogen and oxygen atoms in total. The second-order valence-electron chi connectivity index (χ2n) is 26.6. The Morgan fingerprint density at radius 2 is 0.460 bits per heavy atom. The summed E-state index contributed by atoms with van der Waals surface area (Å²) in [6.45, 7) is -2.93. The van der Waals surface area contributed by atoms with Crippen LogP contribution in [0.4, 0.5) is 0 Å². The summed E-state index contributed by atoms with van der Waals surface area (Å²) in [6, 6.07) is 87.6. The normalized spacial score (nSPS) is 11.3. The van der Waals surface area contributed by atoms with E-state index >= 15 is 28.8 Å². The Morgan fingerprint density at radius 3 is 0.699 bits per heavy atom. The molecule has 0 aliphatic carbocycles. The van der Waals surface area contributed by atoms with Gasteiger partial charge in [-0.3, -0.25) is 0 Å². The van der Waals surface area contributed by atoms with Crippen LogP contribution in [-0.2, 0) is 90.7 Å². The lowest BCUT2D eigenvalue weighted by Crippen LogP contribution is -2.57. The van der Waals surface area contributed by atoms with E-state index in [9.17, 15) is 9.59 Å². The summed E-state index contributed by atoms with van der Waals surface area (Å²) in [5, 5.41) is 0. The fourth-order valence-electron chi connectivity index (χ4n) is 13.3. The minimum absolute atomic E-state index is 0.00369. The van der Waals surface area contributed by atoms with Gasteiger partial charge in [0, 0.05) is 16.6 Å². The third kappa shape index (κ3) is 17.1. The molecule has 0 aromatic heterocycles. The number of benzene rings is 13. The molecule has 0 saturated heterocycles. The molecule has 0 spiro atoms. The largest absolute Gasteiger partial charge is 0.458 e. The highest BCUT2D eigenvalue weighted by Crippen LogP contribution is 2.48. The SMILES string of the molecule is O=C(OCc1ccccc1)c1ccc2c(c1)Oc1c(-c3cc(C(=O)OCc4ccccc4)c(C(=O)OCc4ccccc4)c(C(=O)OCc4ccccc4)c3)cc(-c3cc(C(=O)OCc4ccccc4)c(C(=O)OCc4ccccc4)c(C(=O)OCc4ccccc4)c3)c3c1B2c1ccc(C(=O)OCc2ccccc2)cc1O3. The Bertz CT molecular complexity index is 5230. The van der Waals surface area contributed by atoms with Gasteiger partial charge in [-0.05, 0) is 121 Å². The Balaban J connectivity index is 0.994. The van der Waals surface area contributed by atoms with E-state index in [-0.39, 0.29) is 115 Å². The fourth-order valence-corrected chi connectivity index (χ4v) is 13.3. The van der Waals surface area contributed by atoms with Crippen LogP contribution in [0, 0.1) is 0 Å². The van der Waals surface area contributed by atoms with Gasteiger partial charge >= 0.3 is 47.8 Å². The van der Waals surface area contributed by atoms with Gasteiger partial charge in [0.25, 0.3) is 6.71 Å². The highest BCUT2D eigenvalue weighted by atomic mass is 16.6. The van der Waals surface area contributed by atoms with Crippen LogP contribution in [0.3, 0.4) is 0 Å². The lowest BCUT2D eigenvalue weighted by Gasteiger charge is -2.35. The van der Waals surface area contributed by atoms with Crippen LogP contribution in [0.1, 0.15) is 127 Å². The molecule has 0 amide bonds. The summed E-state index contributed by atoms with van der Waals surface area (Å²) in [4.78, 5) is 121. The van der Waals surface area contributed by atoms with E-state index < -0.39 is 87.8 Å². The highest BCUT2D eigenvalue weighted by molar-refractivity contribution is 6.98. The molecular weight excluding hydrogens is 1430 g/mol. The van der Waals surface area contributed by atoms with Crippen LogP contribution >= 0.6 is 0 Å². The maximum absolute atomic E-state index is 15.5. The van der Waals surface area contributed by atoms with Crippen LogP contribution in [0.2, 0.25) is 0 Å². The first-order valence-corrected chi connectivity index (χ1v) is 36.2. The predicted octanol–water partition coefficient (Wildman–Crippen LogP) is 16.6. The average Bonchev–Trinajstić information content (AvgIpc) is 0.703. The Kier molecular flexibility index (Phi) is 22.4.